The second-order valence-corrected chi connectivity index (χ2v) is 16.2. The van der Waals surface area contributed by atoms with Crippen LogP contribution in [0.5, 0.6) is 0 Å². The fourth-order valence-electron chi connectivity index (χ4n) is 8.46. The van der Waals surface area contributed by atoms with Crippen molar-refractivity contribution >= 4 is 82.7 Å². The van der Waals surface area contributed by atoms with Crippen molar-refractivity contribution in [3.05, 3.63) is 236 Å². The number of fused-ring (bicyclic) bond motifs is 3. The minimum atomic E-state index is 1.08. The Morgan fingerprint density at radius 1 is 0.300 bits per heavy atom. The van der Waals surface area contributed by atoms with Crippen LogP contribution in [0.4, 0.5) is 51.2 Å². The highest BCUT2D eigenvalue weighted by Crippen LogP contribution is 2.49. The first-order valence-electron chi connectivity index (χ1n) is 20.4. The summed E-state index contributed by atoms with van der Waals surface area (Å²) in [5, 5.41) is 2.54. The van der Waals surface area contributed by atoms with Crippen molar-refractivity contribution in [3.63, 3.8) is 0 Å². The molecule has 10 aromatic rings. The highest BCUT2D eigenvalue weighted by atomic mass is 32.1. The molecule has 1 aromatic heterocycles. The standard InChI is InChI=1S/C56H43N3S/c1-40-34-47(57(43-22-10-4-11-23-43)44-24-12-5-13-25-44)38-48(35-40)58(45-26-14-6-15-27-45)49-36-41(2)37-50(39-49)59(46-28-16-7-17-29-46)54-33-19-32-53-52-31-18-30-51(55(52)60-56(53)54)42-20-8-3-9-21-42/h3-39H,1-2H3. The third-order valence-electron chi connectivity index (χ3n) is 11.0. The molecule has 1 heterocycles. The zero-order valence-corrected chi connectivity index (χ0v) is 34.4. The first kappa shape index (κ1) is 36.9. The Balaban J connectivity index is 1.16. The van der Waals surface area contributed by atoms with Gasteiger partial charge in [-0.3, -0.25) is 0 Å². The summed E-state index contributed by atoms with van der Waals surface area (Å²) in [6, 6.07) is 80.9. The molecule has 288 valence electrons. The molecule has 0 N–H and O–H groups in total. The number of rotatable bonds is 10. The number of anilines is 9. The molecule has 9 aromatic carbocycles. The summed E-state index contributed by atoms with van der Waals surface area (Å²) in [7, 11) is 0. The Kier molecular flexibility index (Phi) is 9.90. The molecule has 0 aliphatic rings. The SMILES string of the molecule is Cc1cc(N(c2ccccc2)c2ccccc2)cc(N(c2ccccc2)c2cc(C)cc(N(c3ccccc3)c3cccc4c3sc3c(-c5ccccc5)cccc34)c2)c1. The molecular formula is C56H43N3S. The molecule has 0 fully saturated rings. The third-order valence-corrected chi connectivity index (χ3v) is 12.3. The van der Waals surface area contributed by atoms with Crippen LogP contribution in [0.15, 0.2) is 224 Å². The van der Waals surface area contributed by atoms with Gasteiger partial charge in [-0.1, -0.05) is 133 Å². The van der Waals surface area contributed by atoms with Gasteiger partial charge in [0.2, 0.25) is 0 Å². The number of hydrogen-bond donors (Lipinski definition) is 0. The van der Waals surface area contributed by atoms with Gasteiger partial charge in [0.05, 0.1) is 10.4 Å². The summed E-state index contributed by atoms with van der Waals surface area (Å²) in [6.45, 7) is 4.40. The van der Waals surface area contributed by atoms with E-state index in [1.165, 1.54) is 42.4 Å². The second-order valence-electron chi connectivity index (χ2n) is 15.2. The van der Waals surface area contributed by atoms with Crippen LogP contribution in [0, 0.1) is 13.8 Å². The molecule has 3 nitrogen and oxygen atoms in total. The minimum Gasteiger partial charge on any atom is -0.310 e. The summed E-state index contributed by atoms with van der Waals surface area (Å²) in [6.07, 6.45) is 0. The largest absolute Gasteiger partial charge is 0.310 e. The lowest BCUT2D eigenvalue weighted by Gasteiger charge is -2.32. The predicted molar refractivity (Wildman–Crippen MR) is 258 cm³/mol. The molecule has 0 atom stereocenters. The molecule has 60 heavy (non-hydrogen) atoms. The number of benzene rings is 9. The molecule has 10 rings (SSSR count). The molecule has 4 heteroatoms. The van der Waals surface area contributed by atoms with Crippen LogP contribution in [-0.2, 0) is 0 Å². The van der Waals surface area contributed by atoms with Gasteiger partial charge < -0.3 is 14.7 Å². The second kappa shape index (κ2) is 16.1. The molecule has 0 unspecified atom stereocenters. The van der Waals surface area contributed by atoms with Crippen LogP contribution < -0.4 is 14.7 Å². The Morgan fingerprint density at radius 2 is 0.667 bits per heavy atom. The number of aryl methyl sites for hydroxylation is 2. The molecule has 0 saturated carbocycles. The first-order valence-corrected chi connectivity index (χ1v) is 21.2. The van der Waals surface area contributed by atoms with E-state index < -0.39 is 0 Å². The summed E-state index contributed by atoms with van der Waals surface area (Å²) >= 11 is 1.88. The van der Waals surface area contributed by atoms with Gasteiger partial charge in [0, 0.05) is 61.0 Å². The normalized spacial score (nSPS) is 11.2. The van der Waals surface area contributed by atoms with Crippen molar-refractivity contribution in [3.8, 4) is 11.1 Å². The number of hydrogen-bond acceptors (Lipinski definition) is 4. The molecule has 0 aliphatic heterocycles. The Morgan fingerprint density at radius 3 is 1.13 bits per heavy atom. The monoisotopic (exact) mass is 789 g/mol. The van der Waals surface area contributed by atoms with Crippen LogP contribution in [0.25, 0.3) is 31.3 Å². The van der Waals surface area contributed by atoms with Crippen molar-refractivity contribution in [2.45, 2.75) is 13.8 Å². The molecular weight excluding hydrogens is 747 g/mol. The van der Waals surface area contributed by atoms with E-state index in [4.69, 9.17) is 0 Å². The topological polar surface area (TPSA) is 9.72 Å². The smallest absolute Gasteiger partial charge is 0.0640 e. The van der Waals surface area contributed by atoms with Gasteiger partial charge in [-0.15, -0.1) is 11.3 Å². The summed E-state index contributed by atoms with van der Waals surface area (Å²) in [5.41, 5.74) is 14.7. The lowest BCUT2D eigenvalue weighted by molar-refractivity contribution is 1.22. The average Bonchev–Trinajstić information content (AvgIpc) is 3.68. The first-order chi connectivity index (χ1) is 29.6. The molecule has 0 spiro atoms. The lowest BCUT2D eigenvalue weighted by atomic mass is 10.0. The highest BCUT2D eigenvalue weighted by molar-refractivity contribution is 7.27. The summed E-state index contributed by atoms with van der Waals surface area (Å²) < 4.78 is 2.56. The van der Waals surface area contributed by atoms with Gasteiger partial charge in [-0.05, 0) is 127 Å². The van der Waals surface area contributed by atoms with E-state index in [-0.39, 0.29) is 0 Å². The van der Waals surface area contributed by atoms with Gasteiger partial charge in [-0.2, -0.15) is 0 Å². The Labute approximate surface area is 356 Å². The van der Waals surface area contributed by atoms with Gasteiger partial charge in [0.15, 0.2) is 0 Å². The molecule has 0 amide bonds. The van der Waals surface area contributed by atoms with Crippen LogP contribution in [-0.4, -0.2) is 0 Å². The predicted octanol–water partition coefficient (Wildman–Crippen LogP) is 16.7. The van der Waals surface area contributed by atoms with E-state index in [2.05, 4.69) is 253 Å². The van der Waals surface area contributed by atoms with E-state index in [1.807, 2.05) is 11.3 Å². The maximum absolute atomic E-state index is 2.44. The van der Waals surface area contributed by atoms with E-state index in [1.54, 1.807) is 0 Å². The maximum atomic E-state index is 2.44. The summed E-state index contributed by atoms with van der Waals surface area (Å²) in [4.78, 5) is 7.18. The maximum Gasteiger partial charge on any atom is 0.0640 e. The number of nitrogens with zero attached hydrogens (tertiary/aromatic N) is 3. The van der Waals surface area contributed by atoms with Crippen molar-refractivity contribution in [2.75, 3.05) is 14.7 Å². The lowest BCUT2D eigenvalue weighted by Crippen LogP contribution is -2.15. The molecule has 0 radical (unpaired) electrons. The molecule has 0 saturated heterocycles. The van der Waals surface area contributed by atoms with Crippen molar-refractivity contribution in [1.82, 2.24) is 0 Å². The number of para-hydroxylation sites is 4. The fourth-order valence-corrected chi connectivity index (χ4v) is 9.80. The number of thiophene rings is 1. The summed E-state index contributed by atoms with van der Waals surface area (Å²) in [5.74, 6) is 0. The van der Waals surface area contributed by atoms with Crippen LogP contribution >= 0.6 is 11.3 Å². The Hall–Kier alpha value is -7.40. The highest BCUT2D eigenvalue weighted by Gasteiger charge is 2.23. The van der Waals surface area contributed by atoms with E-state index >= 15 is 0 Å². The van der Waals surface area contributed by atoms with Crippen LogP contribution in [0.3, 0.4) is 0 Å². The Bertz CT molecular complexity index is 3020. The van der Waals surface area contributed by atoms with E-state index in [0.29, 0.717) is 0 Å². The van der Waals surface area contributed by atoms with E-state index in [9.17, 15) is 0 Å². The van der Waals surface area contributed by atoms with Crippen molar-refractivity contribution < 1.29 is 0 Å². The van der Waals surface area contributed by atoms with E-state index in [0.717, 1.165) is 51.2 Å². The van der Waals surface area contributed by atoms with Crippen LogP contribution in [0.2, 0.25) is 0 Å². The average molecular weight is 790 g/mol. The van der Waals surface area contributed by atoms with Crippen molar-refractivity contribution in [2.24, 2.45) is 0 Å². The zero-order valence-electron chi connectivity index (χ0n) is 33.6. The van der Waals surface area contributed by atoms with Gasteiger partial charge in [0.1, 0.15) is 0 Å². The van der Waals surface area contributed by atoms with Gasteiger partial charge in [0.25, 0.3) is 0 Å². The quantitative estimate of drug-likeness (QED) is 0.137. The fraction of sp³-hybridized carbons (Fsp3) is 0.0357. The van der Waals surface area contributed by atoms with Gasteiger partial charge in [-0.25, -0.2) is 0 Å². The third kappa shape index (κ3) is 7.08. The zero-order chi connectivity index (χ0) is 40.4. The molecule has 0 bridgehead atoms. The van der Waals surface area contributed by atoms with Gasteiger partial charge >= 0.3 is 0 Å². The minimum absolute atomic E-state index is 1.08. The van der Waals surface area contributed by atoms with Crippen molar-refractivity contribution in [1.29, 1.82) is 0 Å². The molecule has 0 aliphatic carbocycles. The van der Waals surface area contributed by atoms with Crippen LogP contribution in [0.1, 0.15) is 11.1 Å².